The minimum atomic E-state index is -1.12. The Bertz CT molecular complexity index is 1240. The summed E-state index contributed by atoms with van der Waals surface area (Å²) in [6.45, 7) is -0.104. The van der Waals surface area contributed by atoms with Crippen molar-refractivity contribution in [2.45, 2.75) is 30.6 Å². The third-order valence-electron chi connectivity index (χ3n) is 5.54. The van der Waals surface area contributed by atoms with Gasteiger partial charge in [-0.25, -0.2) is 0 Å². The summed E-state index contributed by atoms with van der Waals surface area (Å²) in [5, 5.41) is 19.7. The van der Waals surface area contributed by atoms with Crippen molar-refractivity contribution in [3.05, 3.63) is 68.6 Å². The minimum Gasteiger partial charge on any atom is -0.481 e. The Hall–Kier alpha value is -2.53. The van der Waals surface area contributed by atoms with E-state index in [9.17, 15) is 14.4 Å². The van der Waals surface area contributed by atoms with E-state index in [1.54, 1.807) is 17.8 Å². The van der Waals surface area contributed by atoms with Crippen LogP contribution < -0.4 is 4.90 Å². The van der Waals surface area contributed by atoms with E-state index in [-0.39, 0.29) is 10.7 Å². The number of hydrogen-bond acceptors (Lipinski definition) is 7. The molecule has 7 nitrogen and oxygen atoms in total. The molecule has 0 radical (unpaired) electrons. The van der Waals surface area contributed by atoms with Crippen molar-refractivity contribution in [3.8, 4) is 0 Å². The molecule has 1 aliphatic carbocycles. The Labute approximate surface area is 221 Å². The van der Waals surface area contributed by atoms with Crippen LogP contribution in [0, 0.1) is 0 Å². The summed E-state index contributed by atoms with van der Waals surface area (Å²) < 4.78 is 0.218. The monoisotopic (exact) mass is 548 g/mol. The fourth-order valence-corrected chi connectivity index (χ4v) is 6.56. The summed E-state index contributed by atoms with van der Waals surface area (Å²) in [6.07, 6.45) is 7.96. The average molecular weight is 549 g/mol. The highest BCUT2D eigenvalue weighted by Crippen LogP contribution is 2.46. The molecule has 1 saturated heterocycles. The predicted molar refractivity (Wildman–Crippen MR) is 142 cm³/mol. The lowest BCUT2D eigenvalue weighted by molar-refractivity contribution is -0.140. The van der Waals surface area contributed by atoms with E-state index in [0.29, 0.717) is 22.9 Å². The number of anilines is 1. The number of halogens is 1. The zero-order chi connectivity index (χ0) is 25.1. The highest BCUT2D eigenvalue weighted by molar-refractivity contribution is 8.26. The van der Waals surface area contributed by atoms with Gasteiger partial charge in [0.15, 0.2) is 0 Å². The molecule has 0 saturated carbocycles. The lowest BCUT2D eigenvalue weighted by Crippen LogP contribution is -2.33. The van der Waals surface area contributed by atoms with Gasteiger partial charge in [0.1, 0.15) is 10.9 Å². The molecule has 1 aromatic rings. The van der Waals surface area contributed by atoms with Gasteiger partial charge in [-0.3, -0.25) is 19.3 Å². The summed E-state index contributed by atoms with van der Waals surface area (Å²) in [4.78, 5) is 39.3. The molecule has 35 heavy (non-hydrogen) atoms. The van der Waals surface area contributed by atoms with Gasteiger partial charge in [-0.1, -0.05) is 65.6 Å². The van der Waals surface area contributed by atoms with Crippen LogP contribution in [0.2, 0.25) is 0 Å². The average Bonchev–Trinajstić information content (AvgIpc) is 3.29. The zero-order valence-electron chi connectivity index (χ0n) is 18.4. The lowest BCUT2D eigenvalue weighted by Gasteiger charge is -2.20. The maximum atomic E-state index is 12.6. The minimum absolute atomic E-state index is 0.0215. The normalized spacial score (nSPS) is 21.6. The van der Waals surface area contributed by atoms with Crippen LogP contribution in [0.4, 0.5) is 5.69 Å². The fourth-order valence-electron chi connectivity index (χ4n) is 3.90. The molecule has 3 aliphatic rings. The molecule has 0 atom stereocenters. The Kier molecular flexibility index (Phi) is 8.05. The molecule has 4 rings (SSSR count). The highest BCUT2D eigenvalue weighted by atomic mass is 35.5. The van der Waals surface area contributed by atoms with Gasteiger partial charge in [0.2, 0.25) is 0 Å². The summed E-state index contributed by atoms with van der Waals surface area (Å²) >= 11 is 14.6. The van der Waals surface area contributed by atoms with E-state index >= 15 is 0 Å². The largest absolute Gasteiger partial charge is 0.481 e. The first-order valence-electron chi connectivity index (χ1n) is 10.8. The van der Waals surface area contributed by atoms with Gasteiger partial charge in [0.05, 0.1) is 22.0 Å². The number of thioether (sulfide) groups is 2. The Morgan fingerprint density at radius 2 is 1.86 bits per heavy atom. The van der Waals surface area contributed by atoms with E-state index in [1.807, 2.05) is 41.3 Å². The second-order valence-electron chi connectivity index (χ2n) is 7.92. The molecule has 1 fully saturated rings. The van der Waals surface area contributed by atoms with Crippen LogP contribution in [-0.4, -0.2) is 50.4 Å². The number of carboxylic acids is 2. The van der Waals surface area contributed by atoms with Crippen LogP contribution in [0.15, 0.2) is 73.5 Å². The summed E-state index contributed by atoms with van der Waals surface area (Å²) in [5.74, 6) is -2.40. The first kappa shape index (κ1) is 25.6. The molecule has 0 spiro atoms. The van der Waals surface area contributed by atoms with Gasteiger partial charge in [-0.05, 0) is 54.7 Å². The van der Waals surface area contributed by atoms with Gasteiger partial charge < -0.3 is 15.1 Å². The van der Waals surface area contributed by atoms with E-state index < -0.39 is 24.4 Å². The Morgan fingerprint density at radius 3 is 2.60 bits per heavy atom. The SMILES string of the molecule is O=C(O)CCN1C(=CC=C2CCCC(C=C3SC(=S)N(CC(=O)O)C3=O)=C2Cl)Sc2ccccc21. The van der Waals surface area contributed by atoms with Crippen LogP contribution in [0.3, 0.4) is 0 Å². The number of carbonyl (C=O) groups excluding carboxylic acids is 1. The first-order chi connectivity index (χ1) is 16.7. The van der Waals surface area contributed by atoms with Crippen LogP contribution in [-0.2, 0) is 14.4 Å². The molecule has 1 amide bonds. The number of carbonyl (C=O) groups is 3. The molecule has 0 unspecified atom stereocenters. The number of benzene rings is 1. The molecule has 2 heterocycles. The number of allylic oxidation sites excluding steroid dienone is 6. The number of para-hydroxylation sites is 1. The summed E-state index contributed by atoms with van der Waals surface area (Å²) in [5.41, 5.74) is 2.72. The van der Waals surface area contributed by atoms with Crippen LogP contribution in [0.5, 0.6) is 0 Å². The summed E-state index contributed by atoms with van der Waals surface area (Å²) in [6, 6.07) is 7.87. The number of amides is 1. The van der Waals surface area contributed by atoms with Crippen molar-refractivity contribution in [1.29, 1.82) is 0 Å². The number of aliphatic carboxylic acids is 2. The fraction of sp³-hybridized carbons (Fsp3) is 0.250. The second-order valence-corrected chi connectivity index (χ2v) is 11.0. The van der Waals surface area contributed by atoms with Gasteiger partial charge >= 0.3 is 11.9 Å². The zero-order valence-corrected chi connectivity index (χ0v) is 21.6. The maximum absolute atomic E-state index is 12.6. The molecular formula is C24H21ClN2O5S3. The van der Waals surface area contributed by atoms with E-state index in [2.05, 4.69) is 0 Å². The number of rotatable bonds is 7. The third kappa shape index (κ3) is 5.83. The molecule has 0 aromatic heterocycles. The lowest BCUT2D eigenvalue weighted by atomic mass is 9.94. The molecule has 182 valence electrons. The van der Waals surface area contributed by atoms with Crippen molar-refractivity contribution in [2.75, 3.05) is 18.0 Å². The van der Waals surface area contributed by atoms with Gasteiger partial charge in [0.25, 0.3) is 5.91 Å². The second kappa shape index (κ2) is 11.0. The van der Waals surface area contributed by atoms with E-state index in [1.165, 1.54) is 0 Å². The predicted octanol–water partition coefficient (Wildman–Crippen LogP) is 5.35. The number of thiocarbonyl (C=S) groups is 1. The molecule has 2 N–H and O–H groups in total. The van der Waals surface area contributed by atoms with Gasteiger partial charge in [-0.2, -0.15) is 0 Å². The Balaban J connectivity index is 1.59. The molecule has 11 heteroatoms. The quantitative estimate of drug-likeness (QED) is 0.345. The number of fused-ring (bicyclic) bond motifs is 1. The van der Waals surface area contributed by atoms with E-state index in [0.717, 1.165) is 56.3 Å². The van der Waals surface area contributed by atoms with Crippen molar-refractivity contribution in [2.24, 2.45) is 0 Å². The van der Waals surface area contributed by atoms with E-state index in [4.69, 9.17) is 34.0 Å². The van der Waals surface area contributed by atoms with Crippen molar-refractivity contribution in [3.63, 3.8) is 0 Å². The van der Waals surface area contributed by atoms with Crippen molar-refractivity contribution >= 4 is 75.2 Å². The van der Waals surface area contributed by atoms with Crippen LogP contribution in [0.1, 0.15) is 25.7 Å². The van der Waals surface area contributed by atoms with Crippen LogP contribution in [0.25, 0.3) is 0 Å². The van der Waals surface area contributed by atoms with Gasteiger partial charge in [0, 0.05) is 16.5 Å². The first-order valence-corrected chi connectivity index (χ1v) is 13.2. The van der Waals surface area contributed by atoms with Crippen LogP contribution >= 0.6 is 47.3 Å². The highest BCUT2D eigenvalue weighted by Gasteiger charge is 2.34. The molecule has 1 aromatic carbocycles. The molecule has 2 aliphatic heterocycles. The summed E-state index contributed by atoms with van der Waals surface area (Å²) in [7, 11) is 0. The van der Waals surface area contributed by atoms with Crippen molar-refractivity contribution < 1.29 is 24.6 Å². The standard InChI is InChI=1S/C24H21ClN2O5S3/c25-22-14(4-3-5-15(22)12-18-23(32)27(13-21(30)31)24(33)35-18)8-9-19-26(11-10-20(28)29)16-6-1-2-7-17(16)34-19/h1-2,6-9,12H,3-5,10-11,13H2,(H,28,29)(H,30,31). The smallest absolute Gasteiger partial charge is 0.323 e. The number of hydrogen-bond donors (Lipinski definition) is 2. The molecule has 0 bridgehead atoms. The Morgan fingerprint density at radius 1 is 1.09 bits per heavy atom. The third-order valence-corrected chi connectivity index (χ3v) is 8.54. The number of nitrogens with zero attached hydrogens (tertiary/aromatic N) is 2. The van der Waals surface area contributed by atoms with Gasteiger partial charge in [-0.15, -0.1) is 0 Å². The topological polar surface area (TPSA) is 98.2 Å². The van der Waals surface area contributed by atoms with Crippen molar-refractivity contribution in [1.82, 2.24) is 4.90 Å². The molecular weight excluding hydrogens is 528 g/mol. The number of carboxylic acid groups (broad SMARTS) is 2. The maximum Gasteiger partial charge on any atom is 0.323 e.